The summed E-state index contributed by atoms with van der Waals surface area (Å²) in [6.07, 6.45) is 0. The Morgan fingerprint density at radius 2 is 1.23 bits per heavy atom. The van der Waals surface area contributed by atoms with Crippen molar-refractivity contribution in [1.29, 1.82) is 0 Å². The van der Waals surface area contributed by atoms with E-state index in [-0.39, 0.29) is 24.9 Å². The van der Waals surface area contributed by atoms with Gasteiger partial charge in [0.05, 0.1) is 11.1 Å². The van der Waals surface area contributed by atoms with Gasteiger partial charge in [-0.15, -0.1) is 0 Å². The summed E-state index contributed by atoms with van der Waals surface area (Å²) in [6.45, 7) is 0.269. The van der Waals surface area contributed by atoms with Crippen LogP contribution in [0.1, 0.15) is 20.7 Å². The molecule has 0 fully saturated rings. The number of hydrogen-bond donors (Lipinski definition) is 3. The van der Waals surface area contributed by atoms with Crippen LogP contribution in [0.3, 0.4) is 0 Å². The van der Waals surface area contributed by atoms with Crippen molar-refractivity contribution in [2.45, 2.75) is 0 Å². The maximum atomic E-state index is 12.3. The SMILES string of the molecule is O=C(NCCN1C(=O)c2ccccc2C1=O)Nc1ccc(Nc2ccccc2)cc1. The third kappa shape index (κ3) is 4.15. The van der Waals surface area contributed by atoms with Crippen LogP contribution >= 0.6 is 0 Å². The maximum absolute atomic E-state index is 12.3. The second-order valence-corrected chi connectivity index (χ2v) is 6.76. The number of fused-ring (bicyclic) bond motifs is 1. The Morgan fingerprint density at radius 3 is 1.87 bits per heavy atom. The Hall–Kier alpha value is -4.13. The molecule has 0 radical (unpaired) electrons. The fourth-order valence-corrected chi connectivity index (χ4v) is 3.22. The molecule has 7 nitrogen and oxygen atoms in total. The van der Waals surface area contributed by atoms with Gasteiger partial charge in [0.15, 0.2) is 0 Å². The number of imide groups is 1. The molecule has 0 saturated heterocycles. The van der Waals surface area contributed by atoms with E-state index in [1.54, 1.807) is 36.4 Å². The molecule has 0 bridgehead atoms. The molecule has 7 heteroatoms. The van der Waals surface area contributed by atoms with Crippen LogP contribution in [0.15, 0.2) is 78.9 Å². The minimum Gasteiger partial charge on any atom is -0.356 e. The van der Waals surface area contributed by atoms with E-state index in [2.05, 4.69) is 16.0 Å². The monoisotopic (exact) mass is 400 g/mol. The molecule has 1 aliphatic heterocycles. The zero-order chi connectivity index (χ0) is 20.9. The number of nitrogens with one attached hydrogen (secondary N) is 3. The van der Waals surface area contributed by atoms with Crippen molar-refractivity contribution in [3.8, 4) is 0 Å². The molecular formula is C23H20N4O3. The summed E-state index contributed by atoms with van der Waals surface area (Å²) in [5, 5.41) is 8.67. The van der Waals surface area contributed by atoms with Gasteiger partial charge in [-0.25, -0.2) is 4.79 Å². The first-order valence-electron chi connectivity index (χ1n) is 9.54. The Bertz CT molecular complexity index is 1050. The lowest BCUT2D eigenvalue weighted by Crippen LogP contribution is -2.39. The second kappa shape index (κ2) is 8.48. The average molecular weight is 400 g/mol. The normalized spacial score (nSPS) is 12.5. The predicted octanol–water partition coefficient (Wildman–Crippen LogP) is 3.85. The number of carbonyl (C=O) groups is 3. The van der Waals surface area contributed by atoms with Crippen molar-refractivity contribution >= 4 is 34.9 Å². The summed E-state index contributed by atoms with van der Waals surface area (Å²) in [7, 11) is 0. The van der Waals surface area contributed by atoms with E-state index in [0.29, 0.717) is 16.8 Å². The van der Waals surface area contributed by atoms with E-state index in [4.69, 9.17) is 0 Å². The number of amides is 4. The molecule has 30 heavy (non-hydrogen) atoms. The topological polar surface area (TPSA) is 90.5 Å². The van der Waals surface area contributed by atoms with Crippen LogP contribution in [-0.4, -0.2) is 35.8 Å². The summed E-state index contributed by atoms with van der Waals surface area (Å²) in [6, 6.07) is 23.4. The van der Waals surface area contributed by atoms with E-state index < -0.39 is 6.03 Å². The Labute approximate surface area is 173 Å². The fraction of sp³-hybridized carbons (Fsp3) is 0.0870. The molecule has 3 aromatic rings. The van der Waals surface area contributed by atoms with Gasteiger partial charge in [-0.05, 0) is 48.5 Å². The minimum absolute atomic E-state index is 0.111. The molecule has 3 N–H and O–H groups in total. The first-order valence-corrected chi connectivity index (χ1v) is 9.54. The van der Waals surface area contributed by atoms with Crippen molar-refractivity contribution < 1.29 is 14.4 Å². The van der Waals surface area contributed by atoms with Gasteiger partial charge in [-0.3, -0.25) is 14.5 Å². The lowest BCUT2D eigenvalue weighted by Gasteiger charge is -2.14. The van der Waals surface area contributed by atoms with Crippen molar-refractivity contribution in [1.82, 2.24) is 10.2 Å². The Kier molecular flexibility index (Phi) is 5.43. The van der Waals surface area contributed by atoms with Crippen LogP contribution in [0.4, 0.5) is 21.9 Å². The number of hydrogen-bond acceptors (Lipinski definition) is 4. The van der Waals surface area contributed by atoms with Crippen molar-refractivity contribution in [3.63, 3.8) is 0 Å². The minimum atomic E-state index is -0.407. The molecule has 0 spiro atoms. The van der Waals surface area contributed by atoms with Crippen LogP contribution in [-0.2, 0) is 0 Å². The molecule has 1 heterocycles. The molecule has 4 rings (SSSR count). The van der Waals surface area contributed by atoms with Crippen molar-refractivity contribution in [2.75, 3.05) is 23.7 Å². The number of anilines is 3. The Morgan fingerprint density at radius 1 is 0.700 bits per heavy atom. The second-order valence-electron chi connectivity index (χ2n) is 6.76. The van der Waals surface area contributed by atoms with E-state index in [1.165, 1.54) is 0 Å². The third-order valence-electron chi connectivity index (χ3n) is 4.70. The molecule has 0 saturated carbocycles. The summed E-state index contributed by atoms with van der Waals surface area (Å²) < 4.78 is 0. The van der Waals surface area contributed by atoms with Gasteiger partial charge in [-0.1, -0.05) is 30.3 Å². The van der Waals surface area contributed by atoms with Crippen LogP contribution in [0, 0.1) is 0 Å². The van der Waals surface area contributed by atoms with Crippen LogP contribution in [0.2, 0.25) is 0 Å². The molecule has 0 aliphatic carbocycles. The highest BCUT2D eigenvalue weighted by atomic mass is 16.2. The molecule has 0 aromatic heterocycles. The number of nitrogens with zero attached hydrogens (tertiary/aromatic N) is 1. The van der Waals surface area contributed by atoms with E-state index in [0.717, 1.165) is 16.3 Å². The lowest BCUT2D eigenvalue weighted by atomic mass is 10.1. The molecule has 4 amide bonds. The predicted molar refractivity (Wildman–Crippen MR) is 115 cm³/mol. The van der Waals surface area contributed by atoms with Gasteiger partial charge >= 0.3 is 6.03 Å². The van der Waals surface area contributed by atoms with Gasteiger partial charge in [0.25, 0.3) is 11.8 Å². The van der Waals surface area contributed by atoms with Gasteiger partial charge in [0.2, 0.25) is 0 Å². The van der Waals surface area contributed by atoms with Crippen molar-refractivity contribution in [2.24, 2.45) is 0 Å². The van der Waals surface area contributed by atoms with Gasteiger partial charge < -0.3 is 16.0 Å². The summed E-state index contributed by atoms with van der Waals surface area (Å²) in [5.74, 6) is -0.668. The van der Waals surface area contributed by atoms with Gasteiger partial charge in [0.1, 0.15) is 0 Å². The third-order valence-corrected chi connectivity index (χ3v) is 4.70. The maximum Gasteiger partial charge on any atom is 0.319 e. The highest BCUT2D eigenvalue weighted by molar-refractivity contribution is 6.21. The molecule has 150 valence electrons. The summed E-state index contributed by atoms with van der Waals surface area (Å²) >= 11 is 0. The standard InChI is InChI=1S/C23H20N4O3/c28-21-19-8-4-5-9-20(19)22(29)27(21)15-14-24-23(30)26-18-12-10-17(11-13-18)25-16-6-2-1-3-7-16/h1-13,25H,14-15H2,(H2,24,26,30). The van der Waals surface area contributed by atoms with Gasteiger partial charge in [0, 0.05) is 30.2 Å². The zero-order valence-electron chi connectivity index (χ0n) is 16.1. The van der Waals surface area contributed by atoms with Crippen LogP contribution < -0.4 is 16.0 Å². The number of para-hydroxylation sites is 1. The van der Waals surface area contributed by atoms with Crippen LogP contribution in [0.5, 0.6) is 0 Å². The number of carbonyl (C=O) groups excluding carboxylic acids is 3. The Balaban J connectivity index is 1.25. The summed E-state index contributed by atoms with van der Waals surface area (Å²) in [5.41, 5.74) is 3.31. The number of urea groups is 1. The smallest absolute Gasteiger partial charge is 0.319 e. The van der Waals surface area contributed by atoms with E-state index in [1.807, 2.05) is 42.5 Å². The highest BCUT2D eigenvalue weighted by Crippen LogP contribution is 2.22. The van der Waals surface area contributed by atoms with Gasteiger partial charge in [-0.2, -0.15) is 0 Å². The quantitative estimate of drug-likeness (QED) is 0.548. The van der Waals surface area contributed by atoms with E-state index >= 15 is 0 Å². The fourth-order valence-electron chi connectivity index (χ4n) is 3.22. The molecular weight excluding hydrogens is 380 g/mol. The average Bonchev–Trinajstić information content (AvgIpc) is 3.01. The number of rotatable bonds is 6. The zero-order valence-corrected chi connectivity index (χ0v) is 16.1. The van der Waals surface area contributed by atoms with Crippen LogP contribution in [0.25, 0.3) is 0 Å². The first-order chi connectivity index (χ1) is 14.6. The highest BCUT2D eigenvalue weighted by Gasteiger charge is 2.34. The molecule has 1 aliphatic rings. The van der Waals surface area contributed by atoms with E-state index in [9.17, 15) is 14.4 Å². The number of benzene rings is 3. The first kappa shape index (κ1) is 19.2. The molecule has 0 atom stereocenters. The molecule has 3 aromatic carbocycles. The largest absolute Gasteiger partial charge is 0.356 e. The summed E-state index contributed by atoms with van der Waals surface area (Å²) in [4.78, 5) is 37.9. The lowest BCUT2D eigenvalue weighted by molar-refractivity contribution is 0.0656. The molecule has 0 unspecified atom stereocenters. The van der Waals surface area contributed by atoms with Crippen molar-refractivity contribution in [3.05, 3.63) is 90.0 Å².